The monoisotopic (exact) mass is 423 g/mol. The molecule has 7 heteroatoms. The quantitative estimate of drug-likeness (QED) is 0.619. The fourth-order valence-electron chi connectivity index (χ4n) is 3.93. The Balaban J connectivity index is 1.33. The van der Waals surface area contributed by atoms with Gasteiger partial charge >= 0.3 is 0 Å². The van der Waals surface area contributed by atoms with Crippen LogP contribution >= 0.6 is 0 Å². The number of rotatable bonds is 7. The van der Waals surface area contributed by atoms with Crippen LogP contribution in [0.25, 0.3) is 0 Å². The number of hydrogen-bond acceptors (Lipinski definition) is 5. The minimum absolute atomic E-state index is 0.179. The largest absolute Gasteiger partial charge is 0.497 e. The Labute approximate surface area is 181 Å². The van der Waals surface area contributed by atoms with Crippen molar-refractivity contribution in [1.82, 2.24) is 15.4 Å². The second-order valence-corrected chi connectivity index (χ2v) is 7.85. The molecule has 1 aliphatic heterocycles. The predicted octanol–water partition coefficient (Wildman–Crippen LogP) is 4.13. The van der Waals surface area contributed by atoms with Crippen molar-refractivity contribution in [2.75, 3.05) is 20.2 Å². The number of ether oxygens (including phenoxy) is 1. The van der Waals surface area contributed by atoms with E-state index in [2.05, 4.69) is 27.5 Å². The van der Waals surface area contributed by atoms with Gasteiger partial charge in [-0.3, -0.25) is 9.69 Å². The predicted molar refractivity (Wildman–Crippen MR) is 114 cm³/mol. The summed E-state index contributed by atoms with van der Waals surface area (Å²) in [5.41, 5.74) is 2.73. The molecular weight excluding hydrogens is 397 g/mol. The van der Waals surface area contributed by atoms with Gasteiger partial charge in [-0.1, -0.05) is 29.4 Å². The topological polar surface area (TPSA) is 67.6 Å². The molecule has 1 amide bonds. The number of piperidine rings is 1. The molecule has 0 saturated carbocycles. The van der Waals surface area contributed by atoms with Crippen LogP contribution in [-0.4, -0.2) is 36.2 Å². The molecule has 0 aliphatic carbocycles. The van der Waals surface area contributed by atoms with Crippen LogP contribution in [-0.2, 0) is 13.1 Å². The summed E-state index contributed by atoms with van der Waals surface area (Å²) in [6.45, 7) is 2.98. The lowest BCUT2D eigenvalue weighted by molar-refractivity contribution is 0.0913. The van der Waals surface area contributed by atoms with Gasteiger partial charge in [-0.2, -0.15) is 0 Å². The molecule has 0 radical (unpaired) electrons. The first kappa shape index (κ1) is 21.1. The Morgan fingerprint density at radius 2 is 2.06 bits per heavy atom. The van der Waals surface area contributed by atoms with Crippen LogP contribution in [0.15, 0.2) is 59.1 Å². The minimum atomic E-state index is -0.353. The summed E-state index contributed by atoms with van der Waals surface area (Å²) < 4.78 is 23.8. The standard InChI is InChI=1S/C24H26FN3O3/c1-30-21-9-7-17(8-10-21)15-28-11-3-5-19(16-28)22-13-23(31-27-22)24(29)26-14-18-4-2-6-20(25)12-18/h2,4,6-10,12-13,19H,3,5,11,14-16H2,1H3,(H,26,29). The molecule has 4 rings (SSSR count). The van der Waals surface area contributed by atoms with Crippen molar-refractivity contribution in [2.45, 2.75) is 31.8 Å². The van der Waals surface area contributed by atoms with E-state index in [9.17, 15) is 9.18 Å². The third-order valence-corrected chi connectivity index (χ3v) is 5.58. The highest BCUT2D eigenvalue weighted by Gasteiger charge is 2.25. The molecule has 2 aromatic carbocycles. The first-order chi connectivity index (χ1) is 15.1. The molecule has 2 heterocycles. The van der Waals surface area contributed by atoms with Crippen molar-refractivity contribution >= 4 is 5.91 Å². The highest BCUT2D eigenvalue weighted by molar-refractivity contribution is 5.91. The average molecular weight is 423 g/mol. The number of likely N-dealkylation sites (tertiary alicyclic amines) is 1. The van der Waals surface area contributed by atoms with E-state index in [4.69, 9.17) is 9.26 Å². The molecular formula is C24H26FN3O3. The summed E-state index contributed by atoms with van der Waals surface area (Å²) in [5.74, 6) is 0.573. The van der Waals surface area contributed by atoms with Gasteiger partial charge in [0.2, 0.25) is 5.76 Å². The second kappa shape index (κ2) is 9.75. The Kier molecular flexibility index (Phi) is 6.62. The molecule has 1 fully saturated rings. The van der Waals surface area contributed by atoms with Gasteiger partial charge < -0.3 is 14.6 Å². The molecule has 0 bridgehead atoms. The summed E-state index contributed by atoms with van der Waals surface area (Å²) in [6, 6.07) is 16.0. The number of carbonyl (C=O) groups excluding carboxylic acids is 1. The van der Waals surface area contributed by atoms with E-state index in [1.54, 1.807) is 25.3 Å². The molecule has 1 aromatic heterocycles. The zero-order valence-electron chi connectivity index (χ0n) is 17.5. The van der Waals surface area contributed by atoms with Gasteiger partial charge in [-0.15, -0.1) is 0 Å². The van der Waals surface area contributed by atoms with Crippen molar-refractivity contribution in [2.24, 2.45) is 0 Å². The molecule has 3 aromatic rings. The van der Waals surface area contributed by atoms with E-state index >= 15 is 0 Å². The zero-order valence-corrected chi connectivity index (χ0v) is 17.5. The number of carbonyl (C=O) groups is 1. The third-order valence-electron chi connectivity index (χ3n) is 5.58. The van der Waals surface area contributed by atoms with Gasteiger partial charge in [0.25, 0.3) is 5.91 Å². The fourth-order valence-corrected chi connectivity index (χ4v) is 3.93. The maximum Gasteiger partial charge on any atom is 0.290 e. The Morgan fingerprint density at radius 1 is 1.23 bits per heavy atom. The van der Waals surface area contributed by atoms with Crippen molar-refractivity contribution in [1.29, 1.82) is 0 Å². The molecule has 0 spiro atoms. The zero-order chi connectivity index (χ0) is 21.6. The van der Waals surface area contributed by atoms with E-state index in [-0.39, 0.29) is 29.9 Å². The van der Waals surface area contributed by atoms with Crippen LogP contribution in [0, 0.1) is 5.82 Å². The summed E-state index contributed by atoms with van der Waals surface area (Å²) in [5, 5.41) is 6.90. The summed E-state index contributed by atoms with van der Waals surface area (Å²) in [6.07, 6.45) is 2.07. The fraction of sp³-hybridized carbons (Fsp3) is 0.333. The van der Waals surface area contributed by atoms with Gasteiger partial charge in [0.05, 0.1) is 12.8 Å². The Hall–Kier alpha value is -3.19. The summed E-state index contributed by atoms with van der Waals surface area (Å²) >= 11 is 0. The van der Waals surface area contributed by atoms with E-state index in [1.807, 2.05) is 12.1 Å². The Morgan fingerprint density at radius 3 is 2.84 bits per heavy atom. The number of amides is 1. The van der Waals surface area contributed by atoms with Crippen molar-refractivity contribution in [3.63, 3.8) is 0 Å². The van der Waals surface area contributed by atoms with Gasteiger partial charge in [0.15, 0.2) is 0 Å². The molecule has 1 aliphatic rings. The van der Waals surface area contributed by atoms with E-state index < -0.39 is 0 Å². The molecule has 162 valence electrons. The number of halogens is 1. The highest BCUT2D eigenvalue weighted by Crippen LogP contribution is 2.28. The second-order valence-electron chi connectivity index (χ2n) is 7.85. The van der Waals surface area contributed by atoms with Crippen LogP contribution in [0.2, 0.25) is 0 Å². The number of methoxy groups -OCH3 is 1. The third kappa shape index (κ3) is 5.49. The van der Waals surface area contributed by atoms with E-state index in [0.717, 1.165) is 43.9 Å². The molecule has 1 saturated heterocycles. The Bertz CT molecular complexity index is 1020. The van der Waals surface area contributed by atoms with Crippen molar-refractivity contribution in [3.05, 3.63) is 83.0 Å². The molecule has 1 unspecified atom stereocenters. The maximum atomic E-state index is 13.3. The smallest absolute Gasteiger partial charge is 0.290 e. The lowest BCUT2D eigenvalue weighted by Crippen LogP contribution is -2.34. The number of aromatic nitrogens is 1. The number of nitrogens with zero attached hydrogens (tertiary/aromatic N) is 2. The van der Waals surface area contributed by atoms with Crippen molar-refractivity contribution < 1.29 is 18.4 Å². The molecule has 31 heavy (non-hydrogen) atoms. The summed E-state index contributed by atoms with van der Waals surface area (Å²) in [4.78, 5) is 14.8. The highest BCUT2D eigenvalue weighted by atomic mass is 19.1. The maximum absolute atomic E-state index is 13.3. The summed E-state index contributed by atoms with van der Waals surface area (Å²) in [7, 11) is 1.66. The number of benzene rings is 2. The van der Waals surface area contributed by atoms with Gasteiger partial charge in [-0.25, -0.2) is 4.39 Å². The SMILES string of the molecule is COc1ccc(CN2CCCC(c3cc(C(=O)NCc4cccc(F)c4)on3)C2)cc1. The van der Waals surface area contributed by atoms with Crippen LogP contribution in [0.5, 0.6) is 5.75 Å². The van der Waals surface area contributed by atoms with E-state index in [0.29, 0.717) is 5.56 Å². The van der Waals surface area contributed by atoms with E-state index in [1.165, 1.54) is 17.7 Å². The van der Waals surface area contributed by atoms with Crippen LogP contribution in [0.4, 0.5) is 4.39 Å². The number of nitrogens with one attached hydrogen (secondary N) is 1. The lowest BCUT2D eigenvalue weighted by atomic mass is 9.94. The van der Waals surface area contributed by atoms with Crippen LogP contribution in [0.1, 0.15) is 46.1 Å². The minimum Gasteiger partial charge on any atom is -0.497 e. The first-order valence-corrected chi connectivity index (χ1v) is 10.5. The van der Waals surface area contributed by atoms with Gasteiger partial charge in [-0.05, 0) is 54.8 Å². The average Bonchev–Trinajstić information content (AvgIpc) is 3.29. The normalized spacial score (nSPS) is 16.8. The van der Waals surface area contributed by atoms with Gasteiger partial charge in [0, 0.05) is 31.6 Å². The lowest BCUT2D eigenvalue weighted by Gasteiger charge is -2.31. The molecule has 1 N–H and O–H groups in total. The molecule has 6 nitrogen and oxygen atoms in total. The van der Waals surface area contributed by atoms with Crippen LogP contribution in [0.3, 0.4) is 0 Å². The molecule has 1 atom stereocenters. The van der Waals surface area contributed by atoms with Crippen molar-refractivity contribution in [3.8, 4) is 5.75 Å². The first-order valence-electron chi connectivity index (χ1n) is 10.5. The van der Waals surface area contributed by atoms with Crippen LogP contribution < -0.4 is 10.1 Å². The number of hydrogen-bond donors (Lipinski definition) is 1. The van der Waals surface area contributed by atoms with Gasteiger partial charge in [0.1, 0.15) is 11.6 Å².